The highest BCUT2D eigenvalue weighted by Crippen LogP contribution is 2.29. The summed E-state index contributed by atoms with van der Waals surface area (Å²) in [6.45, 7) is 9.88. The summed E-state index contributed by atoms with van der Waals surface area (Å²) < 4.78 is 38.2. The van der Waals surface area contributed by atoms with E-state index in [4.69, 9.17) is 0 Å². The highest BCUT2D eigenvalue weighted by Gasteiger charge is 2.30. The fourth-order valence-electron chi connectivity index (χ4n) is 4.18. The van der Waals surface area contributed by atoms with E-state index in [1.54, 1.807) is 19.2 Å². The van der Waals surface area contributed by atoms with E-state index in [2.05, 4.69) is 44.3 Å². The molecule has 1 aromatic rings. The minimum Gasteiger partial charge on any atom is -0.355 e. The van der Waals surface area contributed by atoms with Crippen LogP contribution in [-0.2, 0) is 12.7 Å². The largest absolute Gasteiger partial charge is 0.416 e. The van der Waals surface area contributed by atoms with Crippen molar-refractivity contribution in [3.8, 4) is 0 Å². The molecule has 2 saturated heterocycles. The van der Waals surface area contributed by atoms with Crippen molar-refractivity contribution in [2.24, 2.45) is 4.99 Å². The van der Waals surface area contributed by atoms with E-state index in [0.717, 1.165) is 75.9 Å². The van der Waals surface area contributed by atoms with Gasteiger partial charge in [-0.15, -0.1) is 0 Å². The lowest BCUT2D eigenvalue weighted by Gasteiger charge is -2.36. The molecular weight excluding hydrogens is 405 g/mol. The van der Waals surface area contributed by atoms with Gasteiger partial charge in [0.2, 0.25) is 0 Å². The van der Waals surface area contributed by atoms with Crippen LogP contribution in [0.1, 0.15) is 24.5 Å². The molecule has 2 fully saturated rings. The first-order valence-corrected chi connectivity index (χ1v) is 11.0. The standard InChI is InChI=1S/C22H35F3N6/c1-17(31-12-10-29(3)11-13-31)14-27-21(26-2)28-20-8-9-30(16-20)15-18-4-6-19(7-5-18)22(23,24)25/h4-7,17,20H,8-16H2,1-3H3,(H2,26,27,28). The fourth-order valence-corrected chi connectivity index (χ4v) is 4.18. The summed E-state index contributed by atoms with van der Waals surface area (Å²) in [7, 11) is 3.94. The molecule has 6 nitrogen and oxygen atoms in total. The predicted octanol–water partition coefficient (Wildman–Crippen LogP) is 2.08. The lowest BCUT2D eigenvalue weighted by atomic mass is 10.1. The molecule has 3 rings (SSSR count). The van der Waals surface area contributed by atoms with E-state index in [1.807, 2.05) is 0 Å². The molecule has 0 bridgehead atoms. The van der Waals surface area contributed by atoms with Crippen molar-refractivity contribution >= 4 is 5.96 Å². The second-order valence-electron chi connectivity index (χ2n) is 8.70. The molecule has 2 atom stereocenters. The quantitative estimate of drug-likeness (QED) is 0.524. The molecular formula is C22H35F3N6. The zero-order valence-corrected chi connectivity index (χ0v) is 18.8. The van der Waals surface area contributed by atoms with Crippen LogP contribution in [-0.4, -0.2) is 92.7 Å². The summed E-state index contributed by atoms with van der Waals surface area (Å²) in [4.78, 5) is 11.5. The lowest BCUT2D eigenvalue weighted by Crippen LogP contribution is -2.53. The maximum absolute atomic E-state index is 12.7. The number of aliphatic imine (C=N–C) groups is 1. The van der Waals surface area contributed by atoms with Crippen molar-refractivity contribution in [1.82, 2.24) is 25.3 Å². The van der Waals surface area contributed by atoms with E-state index < -0.39 is 11.7 Å². The molecule has 0 spiro atoms. The first-order chi connectivity index (χ1) is 14.7. The number of hydrogen-bond acceptors (Lipinski definition) is 4. The zero-order valence-electron chi connectivity index (χ0n) is 18.8. The number of nitrogens with one attached hydrogen (secondary N) is 2. The Morgan fingerprint density at radius 3 is 2.42 bits per heavy atom. The topological polar surface area (TPSA) is 46.1 Å². The molecule has 1 aromatic carbocycles. The molecule has 2 N–H and O–H groups in total. The van der Waals surface area contributed by atoms with Crippen molar-refractivity contribution in [1.29, 1.82) is 0 Å². The maximum Gasteiger partial charge on any atom is 0.416 e. The third kappa shape index (κ3) is 7.08. The Morgan fingerprint density at radius 1 is 1.13 bits per heavy atom. The zero-order chi connectivity index (χ0) is 22.4. The van der Waals surface area contributed by atoms with Crippen molar-refractivity contribution < 1.29 is 13.2 Å². The molecule has 9 heteroatoms. The fraction of sp³-hybridized carbons (Fsp3) is 0.682. The Hall–Kier alpha value is -1.84. The number of rotatable bonds is 6. The smallest absolute Gasteiger partial charge is 0.355 e. The third-order valence-corrected chi connectivity index (χ3v) is 6.25. The van der Waals surface area contributed by atoms with E-state index in [-0.39, 0.29) is 6.04 Å². The second-order valence-corrected chi connectivity index (χ2v) is 8.70. The SMILES string of the molecule is CN=C(NCC(C)N1CCN(C)CC1)NC1CCN(Cc2ccc(C(F)(F)F)cc2)C1. The predicted molar refractivity (Wildman–Crippen MR) is 118 cm³/mol. The number of benzene rings is 1. The number of hydrogen-bond donors (Lipinski definition) is 2. The number of nitrogens with zero attached hydrogens (tertiary/aromatic N) is 4. The van der Waals surface area contributed by atoms with Crippen LogP contribution in [0.4, 0.5) is 13.2 Å². The molecule has 0 aliphatic carbocycles. The maximum atomic E-state index is 12.7. The van der Waals surface area contributed by atoms with Crippen LogP contribution in [0.2, 0.25) is 0 Å². The van der Waals surface area contributed by atoms with Crippen LogP contribution in [0, 0.1) is 0 Å². The van der Waals surface area contributed by atoms with E-state index in [9.17, 15) is 13.2 Å². The summed E-state index contributed by atoms with van der Waals surface area (Å²) in [5, 5.41) is 6.95. The number of likely N-dealkylation sites (N-methyl/N-ethyl adjacent to an activating group) is 1. The highest BCUT2D eigenvalue weighted by atomic mass is 19.4. The Bertz CT molecular complexity index is 713. The van der Waals surface area contributed by atoms with Gasteiger partial charge in [0.05, 0.1) is 5.56 Å². The van der Waals surface area contributed by atoms with Crippen molar-refractivity contribution in [2.45, 2.75) is 38.1 Å². The third-order valence-electron chi connectivity index (χ3n) is 6.25. The normalized spacial score (nSPS) is 23.2. The van der Waals surface area contributed by atoms with Gasteiger partial charge in [-0.2, -0.15) is 13.2 Å². The summed E-state index contributed by atoms with van der Waals surface area (Å²) in [5.41, 5.74) is 0.301. The van der Waals surface area contributed by atoms with E-state index in [0.29, 0.717) is 12.6 Å². The number of halogens is 3. The van der Waals surface area contributed by atoms with Gasteiger partial charge in [0.15, 0.2) is 5.96 Å². The van der Waals surface area contributed by atoms with Crippen LogP contribution >= 0.6 is 0 Å². The molecule has 174 valence electrons. The molecule has 0 amide bonds. The van der Waals surface area contributed by atoms with Crippen molar-refractivity contribution in [2.75, 3.05) is 59.9 Å². The monoisotopic (exact) mass is 440 g/mol. The number of alkyl halides is 3. The van der Waals surface area contributed by atoms with Crippen LogP contribution in [0.3, 0.4) is 0 Å². The number of likely N-dealkylation sites (tertiary alicyclic amines) is 1. The average molecular weight is 441 g/mol. The van der Waals surface area contributed by atoms with Crippen molar-refractivity contribution in [3.63, 3.8) is 0 Å². The van der Waals surface area contributed by atoms with Crippen LogP contribution in [0.15, 0.2) is 29.3 Å². The van der Waals surface area contributed by atoms with Crippen molar-refractivity contribution in [3.05, 3.63) is 35.4 Å². The van der Waals surface area contributed by atoms with Gasteiger partial charge in [-0.25, -0.2) is 0 Å². The number of piperazine rings is 1. The van der Waals surface area contributed by atoms with E-state index >= 15 is 0 Å². The molecule has 0 radical (unpaired) electrons. The van der Waals surface area contributed by atoms with E-state index in [1.165, 1.54) is 0 Å². The second kappa shape index (κ2) is 10.7. The molecule has 31 heavy (non-hydrogen) atoms. The minimum absolute atomic E-state index is 0.277. The Labute approximate surface area is 183 Å². The van der Waals surface area contributed by atoms with Gasteiger partial charge in [-0.3, -0.25) is 14.8 Å². The van der Waals surface area contributed by atoms with Crippen LogP contribution < -0.4 is 10.6 Å². The Kier molecular flexibility index (Phi) is 8.18. The van der Waals surface area contributed by atoms with Gasteiger partial charge in [0.1, 0.15) is 0 Å². The lowest BCUT2D eigenvalue weighted by molar-refractivity contribution is -0.137. The summed E-state index contributed by atoms with van der Waals surface area (Å²) in [5.74, 6) is 0.808. The van der Waals surface area contributed by atoms with Gasteiger partial charge in [-0.1, -0.05) is 12.1 Å². The van der Waals surface area contributed by atoms with Gasteiger partial charge in [0, 0.05) is 71.5 Å². The summed E-state index contributed by atoms with van der Waals surface area (Å²) in [6.07, 6.45) is -3.30. The first kappa shape index (κ1) is 23.8. The Balaban J connectivity index is 1.41. The minimum atomic E-state index is -4.29. The number of guanidine groups is 1. The summed E-state index contributed by atoms with van der Waals surface area (Å²) in [6, 6.07) is 6.18. The first-order valence-electron chi connectivity index (χ1n) is 11.0. The Morgan fingerprint density at radius 2 is 1.81 bits per heavy atom. The van der Waals surface area contributed by atoms with Gasteiger partial charge < -0.3 is 15.5 Å². The highest BCUT2D eigenvalue weighted by molar-refractivity contribution is 5.80. The van der Waals surface area contributed by atoms with Gasteiger partial charge in [-0.05, 0) is 38.1 Å². The van der Waals surface area contributed by atoms with Gasteiger partial charge >= 0.3 is 6.18 Å². The molecule has 0 saturated carbocycles. The van der Waals surface area contributed by atoms with Gasteiger partial charge in [0.25, 0.3) is 0 Å². The molecule has 0 aromatic heterocycles. The molecule has 2 unspecified atom stereocenters. The average Bonchev–Trinajstić information content (AvgIpc) is 3.18. The molecule has 2 heterocycles. The van der Waals surface area contributed by atoms with Crippen LogP contribution in [0.5, 0.6) is 0 Å². The van der Waals surface area contributed by atoms with Crippen LogP contribution in [0.25, 0.3) is 0 Å². The molecule has 2 aliphatic rings. The molecule has 2 aliphatic heterocycles. The summed E-state index contributed by atoms with van der Waals surface area (Å²) >= 11 is 0.